The molecule has 0 aromatic carbocycles. The third kappa shape index (κ3) is 20.4. The molecule has 0 aliphatic carbocycles. The SMILES string of the molecule is CCCCOP(=O)(O)OC(C)C.CCOP(=S)(OCC)OP(=S)(OCC)OCC.[Zn]. The summed E-state index contributed by atoms with van der Waals surface area (Å²) in [5.41, 5.74) is 0. The molecular weight excluding hydrogens is 547 g/mol. The van der Waals surface area contributed by atoms with Crippen LogP contribution in [0.3, 0.4) is 0 Å². The van der Waals surface area contributed by atoms with Gasteiger partial charge in [0.1, 0.15) is 0 Å². The zero-order chi connectivity index (χ0) is 23.0. The van der Waals surface area contributed by atoms with E-state index in [2.05, 4.69) is 9.05 Å². The summed E-state index contributed by atoms with van der Waals surface area (Å²) in [4.78, 5) is 9.02. The van der Waals surface area contributed by atoms with Crippen LogP contribution >= 0.6 is 21.3 Å². The maximum absolute atomic E-state index is 11.0. The molecule has 1 unspecified atom stereocenters. The van der Waals surface area contributed by atoms with Crippen molar-refractivity contribution in [2.45, 2.75) is 67.4 Å². The van der Waals surface area contributed by atoms with Gasteiger partial charge in [0.05, 0.1) is 39.1 Å². The van der Waals surface area contributed by atoms with Crippen molar-refractivity contribution in [2.24, 2.45) is 0 Å². The second kappa shape index (κ2) is 20.2. The van der Waals surface area contributed by atoms with Gasteiger partial charge >= 0.3 is 21.3 Å². The Morgan fingerprint density at radius 2 is 1.17 bits per heavy atom. The molecule has 0 fully saturated rings. The van der Waals surface area contributed by atoms with E-state index in [1.807, 2.05) is 34.6 Å². The van der Waals surface area contributed by atoms with Gasteiger partial charge in [-0.05, 0) is 71.6 Å². The van der Waals surface area contributed by atoms with Crippen molar-refractivity contribution in [3.05, 3.63) is 0 Å². The Morgan fingerprint density at radius 3 is 1.43 bits per heavy atom. The molecule has 0 radical (unpaired) electrons. The average molecular weight is 584 g/mol. The van der Waals surface area contributed by atoms with Gasteiger partial charge < -0.3 is 23.0 Å². The number of unbranched alkanes of at least 4 members (excludes halogenated alkanes) is 1. The van der Waals surface area contributed by atoms with E-state index in [0.29, 0.717) is 26.4 Å². The third-order valence-electron chi connectivity index (χ3n) is 2.45. The first-order valence-electron chi connectivity index (χ1n) is 9.58. The minimum absolute atomic E-state index is 0. The van der Waals surface area contributed by atoms with Crippen LogP contribution in [0.15, 0.2) is 0 Å². The van der Waals surface area contributed by atoms with Gasteiger partial charge in [0, 0.05) is 19.5 Å². The van der Waals surface area contributed by atoms with Crippen molar-refractivity contribution in [3.8, 4) is 0 Å². The maximum Gasteiger partial charge on any atom is 0.472 e. The molecule has 15 heteroatoms. The normalized spacial score (nSPS) is 13.9. The summed E-state index contributed by atoms with van der Waals surface area (Å²) in [5, 5.41) is 0. The topological polar surface area (TPSA) is 102 Å². The Kier molecular flexibility index (Phi) is 24.5. The molecule has 1 atom stereocenters. The standard InChI is InChI=1S/C8H20O5P2S2.C7H17O4P.Zn/c1-5-9-14(16,10-6-2)13-15(17,11-7-3)12-8-4;1-4-5-6-10-12(8,9)11-7(2)3;/h5-8H2,1-4H3;7H,4-6H2,1-3H3,(H,8,9);. The van der Waals surface area contributed by atoms with E-state index in [4.69, 9.17) is 50.9 Å². The fourth-order valence-electron chi connectivity index (χ4n) is 1.54. The van der Waals surface area contributed by atoms with E-state index >= 15 is 0 Å². The van der Waals surface area contributed by atoms with E-state index in [0.717, 1.165) is 12.8 Å². The second-order valence-electron chi connectivity index (χ2n) is 5.46. The summed E-state index contributed by atoms with van der Waals surface area (Å²) in [6.07, 6.45) is 1.41. The number of phosphoric acid groups is 1. The molecule has 0 saturated heterocycles. The third-order valence-corrected chi connectivity index (χ3v) is 10.0. The van der Waals surface area contributed by atoms with Crippen LogP contribution in [-0.4, -0.2) is 44.0 Å². The molecule has 0 bridgehead atoms. The van der Waals surface area contributed by atoms with Gasteiger partial charge in [0.2, 0.25) is 0 Å². The Labute approximate surface area is 205 Å². The Bertz CT molecular complexity index is 507. The van der Waals surface area contributed by atoms with Crippen LogP contribution < -0.4 is 0 Å². The van der Waals surface area contributed by atoms with Gasteiger partial charge in [-0.2, -0.15) is 0 Å². The van der Waals surface area contributed by atoms with Crippen LogP contribution in [0.1, 0.15) is 61.3 Å². The van der Waals surface area contributed by atoms with E-state index in [9.17, 15) is 4.57 Å². The van der Waals surface area contributed by atoms with Crippen molar-refractivity contribution in [2.75, 3.05) is 33.0 Å². The fraction of sp³-hybridized carbons (Fsp3) is 1.00. The quantitative estimate of drug-likeness (QED) is 0.133. The van der Waals surface area contributed by atoms with E-state index in [-0.39, 0.29) is 32.2 Å². The number of hydrogen-bond donors (Lipinski definition) is 1. The zero-order valence-corrected chi connectivity index (χ0v) is 26.4. The van der Waals surface area contributed by atoms with Crippen LogP contribution in [-0.2, 0) is 79.1 Å². The van der Waals surface area contributed by atoms with E-state index in [1.54, 1.807) is 13.8 Å². The first-order valence-corrected chi connectivity index (χ1v) is 16.2. The van der Waals surface area contributed by atoms with Crippen LogP contribution in [0.5, 0.6) is 0 Å². The van der Waals surface area contributed by atoms with Gasteiger partial charge in [0.25, 0.3) is 0 Å². The summed E-state index contributed by atoms with van der Waals surface area (Å²) in [6.45, 7) is 8.72. The largest absolute Gasteiger partial charge is 0.472 e. The van der Waals surface area contributed by atoms with Crippen molar-refractivity contribution in [3.63, 3.8) is 0 Å². The molecule has 0 aliphatic rings. The van der Waals surface area contributed by atoms with Gasteiger partial charge in [-0.25, -0.2) is 8.88 Å². The molecule has 30 heavy (non-hydrogen) atoms. The number of hydrogen-bond acceptors (Lipinski definition) is 10. The average Bonchev–Trinajstić information content (AvgIpc) is 2.54. The molecule has 0 aromatic heterocycles. The molecule has 0 heterocycles. The summed E-state index contributed by atoms with van der Waals surface area (Å²) in [5.74, 6) is 0. The summed E-state index contributed by atoms with van der Waals surface area (Å²) < 4.78 is 47.3. The molecule has 0 aliphatic heterocycles. The molecule has 0 rings (SSSR count). The number of rotatable bonds is 16. The smallest absolute Gasteiger partial charge is 0.309 e. The first kappa shape index (κ1) is 36.4. The molecule has 0 saturated carbocycles. The van der Waals surface area contributed by atoms with E-state index in [1.165, 1.54) is 0 Å². The molecule has 1 N–H and O–H groups in total. The predicted molar refractivity (Wildman–Crippen MR) is 123 cm³/mol. The Hall–Kier alpha value is 1.83. The summed E-state index contributed by atoms with van der Waals surface area (Å²) >= 11 is 10.4. The molecule has 180 valence electrons. The zero-order valence-electron chi connectivity index (χ0n) is 19.1. The molecule has 0 aromatic rings. The van der Waals surface area contributed by atoms with Gasteiger partial charge in [-0.1, -0.05) is 13.3 Å². The van der Waals surface area contributed by atoms with Crippen LogP contribution in [0.2, 0.25) is 0 Å². The monoisotopic (exact) mass is 582 g/mol. The second-order valence-corrected chi connectivity index (χ2v) is 13.0. The van der Waals surface area contributed by atoms with Gasteiger partial charge in [-0.3, -0.25) is 9.05 Å². The van der Waals surface area contributed by atoms with Crippen molar-refractivity contribution >= 4 is 44.9 Å². The molecular formula is C15H37O9P3S2Zn. The summed E-state index contributed by atoms with van der Waals surface area (Å²) in [7, 11) is -3.78. The summed E-state index contributed by atoms with van der Waals surface area (Å²) in [6, 6.07) is 0. The minimum Gasteiger partial charge on any atom is -0.309 e. The van der Waals surface area contributed by atoms with Gasteiger partial charge in [-0.15, -0.1) is 0 Å². The minimum atomic E-state index is -3.78. The predicted octanol–water partition coefficient (Wildman–Crippen LogP) is 5.92. The fourth-order valence-corrected chi connectivity index (χ4v) is 8.87. The van der Waals surface area contributed by atoms with Crippen molar-refractivity contribution in [1.29, 1.82) is 0 Å². The van der Waals surface area contributed by atoms with Crippen LogP contribution in [0.25, 0.3) is 0 Å². The van der Waals surface area contributed by atoms with Crippen molar-refractivity contribution < 1.29 is 60.4 Å². The molecule has 9 nitrogen and oxygen atoms in total. The van der Waals surface area contributed by atoms with Crippen LogP contribution in [0.4, 0.5) is 0 Å². The first-order chi connectivity index (χ1) is 13.4. The Balaban J connectivity index is -0.000000497. The van der Waals surface area contributed by atoms with E-state index < -0.39 is 21.3 Å². The molecule has 0 amide bonds. The van der Waals surface area contributed by atoms with Gasteiger partial charge in [0.15, 0.2) is 0 Å². The number of phosphoric ester groups is 1. The Morgan fingerprint density at radius 1 is 0.800 bits per heavy atom. The maximum atomic E-state index is 11.0. The van der Waals surface area contributed by atoms with Crippen molar-refractivity contribution in [1.82, 2.24) is 0 Å². The van der Waals surface area contributed by atoms with Crippen LogP contribution in [0, 0.1) is 0 Å². The molecule has 0 spiro atoms.